The molecule has 124 valence electrons. The van der Waals surface area contributed by atoms with Gasteiger partial charge in [-0.1, -0.05) is 19.9 Å². The van der Waals surface area contributed by atoms with Crippen LogP contribution >= 0.6 is 0 Å². The summed E-state index contributed by atoms with van der Waals surface area (Å²) < 4.78 is 0. The van der Waals surface area contributed by atoms with Crippen LogP contribution in [0.1, 0.15) is 37.0 Å². The van der Waals surface area contributed by atoms with Crippen LogP contribution in [0.5, 0.6) is 0 Å². The molecule has 6 heteroatoms. The molecule has 6 nitrogen and oxygen atoms in total. The molecule has 1 aliphatic rings. The average molecular weight is 318 g/mol. The molecular formula is C17H22N2O4. The Hall–Kier alpha value is -2.37. The van der Waals surface area contributed by atoms with Crippen molar-refractivity contribution in [3.8, 4) is 0 Å². The van der Waals surface area contributed by atoms with E-state index in [0.717, 1.165) is 0 Å². The average Bonchev–Trinajstić information content (AvgIpc) is 2.53. The van der Waals surface area contributed by atoms with Crippen molar-refractivity contribution in [1.29, 1.82) is 0 Å². The topological polar surface area (TPSA) is 86.7 Å². The highest BCUT2D eigenvalue weighted by molar-refractivity contribution is 5.97. The highest BCUT2D eigenvalue weighted by Gasteiger charge is 2.33. The van der Waals surface area contributed by atoms with E-state index in [2.05, 4.69) is 5.32 Å². The number of carboxylic acid groups (broad SMARTS) is 1. The Kier molecular flexibility index (Phi) is 5.36. The lowest BCUT2D eigenvalue weighted by Gasteiger charge is -2.35. The largest absolute Gasteiger partial charge is 0.481 e. The highest BCUT2D eigenvalue weighted by Crippen LogP contribution is 2.25. The van der Waals surface area contributed by atoms with Crippen molar-refractivity contribution in [1.82, 2.24) is 4.90 Å². The summed E-state index contributed by atoms with van der Waals surface area (Å²) in [6.45, 7) is 4.49. The van der Waals surface area contributed by atoms with Crippen molar-refractivity contribution >= 4 is 23.5 Å². The van der Waals surface area contributed by atoms with Gasteiger partial charge in [-0.3, -0.25) is 14.4 Å². The summed E-state index contributed by atoms with van der Waals surface area (Å²) in [7, 11) is 0. The first-order valence-electron chi connectivity index (χ1n) is 7.84. The van der Waals surface area contributed by atoms with Crippen LogP contribution in [0.25, 0.3) is 0 Å². The standard InChI is InChI=1S/C17H22N2O4/c1-3-15(20)18-13-6-4-5-12(9-13)16(21)19-8-7-14(17(22)23)11(2)10-19/h4-6,9,11,14H,3,7-8,10H2,1-2H3,(H,18,20)(H,22,23). The lowest BCUT2D eigenvalue weighted by atomic mass is 9.87. The molecule has 0 radical (unpaired) electrons. The number of benzene rings is 1. The van der Waals surface area contributed by atoms with E-state index >= 15 is 0 Å². The quantitative estimate of drug-likeness (QED) is 0.891. The number of nitrogens with zero attached hydrogens (tertiary/aromatic N) is 1. The fourth-order valence-corrected chi connectivity index (χ4v) is 2.86. The Morgan fingerprint density at radius 3 is 2.70 bits per heavy atom. The predicted octanol–water partition coefficient (Wildman–Crippen LogP) is 2.22. The van der Waals surface area contributed by atoms with Gasteiger partial charge in [0.25, 0.3) is 5.91 Å². The molecule has 2 atom stereocenters. The summed E-state index contributed by atoms with van der Waals surface area (Å²) in [5.41, 5.74) is 1.09. The number of nitrogens with one attached hydrogen (secondary N) is 1. The van der Waals surface area contributed by atoms with Crippen LogP contribution in [0.3, 0.4) is 0 Å². The molecule has 0 saturated carbocycles. The van der Waals surface area contributed by atoms with Crippen molar-refractivity contribution < 1.29 is 19.5 Å². The molecule has 2 amide bonds. The van der Waals surface area contributed by atoms with E-state index in [9.17, 15) is 14.4 Å². The SMILES string of the molecule is CCC(=O)Nc1cccc(C(=O)N2CCC(C(=O)O)C(C)C2)c1. The Balaban J connectivity index is 2.08. The van der Waals surface area contributed by atoms with Crippen LogP contribution in [0.2, 0.25) is 0 Å². The predicted molar refractivity (Wildman–Crippen MR) is 86.2 cm³/mol. The van der Waals surface area contributed by atoms with E-state index < -0.39 is 11.9 Å². The normalized spacial score (nSPS) is 20.9. The smallest absolute Gasteiger partial charge is 0.306 e. The number of rotatable bonds is 4. The zero-order valence-electron chi connectivity index (χ0n) is 13.4. The summed E-state index contributed by atoms with van der Waals surface area (Å²) in [5.74, 6) is -1.50. The zero-order valence-corrected chi connectivity index (χ0v) is 13.4. The third-order valence-corrected chi connectivity index (χ3v) is 4.22. The van der Waals surface area contributed by atoms with Crippen LogP contribution in [0, 0.1) is 11.8 Å². The van der Waals surface area contributed by atoms with Gasteiger partial charge in [0, 0.05) is 30.8 Å². The maximum absolute atomic E-state index is 12.6. The van der Waals surface area contributed by atoms with Gasteiger partial charge in [0.1, 0.15) is 0 Å². The first-order valence-corrected chi connectivity index (χ1v) is 7.84. The monoisotopic (exact) mass is 318 g/mol. The number of hydrogen-bond donors (Lipinski definition) is 2. The molecule has 0 aromatic heterocycles. The zero-order chi connectivity index (χ0) is 17.0. The van der Waals surface area contributed by atoms with Crippen molar-refractivity contribution in [3.05, 3.63) is 29.8 Å². The van der Waals surface area contributed by atoms with Crippen LogP contribution in [-0.2, 0) is 9.59 Å². The van der Waals surface area contributed by atoms with Crippen molar-refractivity contribution in [2.24, 2.45) is 11.8 Å². The second-order valence-electron chi connectivity index (χ2n) is 5.94. The summed E-state index contributed by atoms with van der Waals surface area (Å²) in [6, 6.07) is 6.83. The molecule has 1 aromatic rings. The first kappa shape index (κ1) is 17.0. The molecule has 1 heterocycles. The molecular weight excluding hydrogens is 296 g/mol. The molecule has 0 aliphatic carbocycles. The molecule has 0 bridgehead atoms. The van der Waals surface area contributed by atoms with E-state index in [1.165, 1.54) is 0 Å². The van der Waals surface area contributed by atoms with Crippen molar-refractivity contribution in [3.63, 3.8) is 0 Å². The third-order valence-electron chi connectivity index (χ3n) is 4.22. The number of amides is 2. The van der Waals surface area contributed by atoms with Gasteiger partial charge in [-0.2, -0.15) is 0 Å². The van der Waals surface area contributed by atoms with Crippen LogP contribution < -0.4 is 5.32 Å². The van der Waals surface area contributed by atoms with E-state index in [1.54, 1.807) is 36.1 Å². The van der Waals surface area contributed by atoms with Gasteiger partial charge in [0.05, 0.1) is 5.92 Å². The molecule has 1 fully saturated rings. The summed E-state index contributed by atoms with van der Waals surface area (Å²) in [5, 5.41) is 11.9. The molecule has 2 rings (SSSR count). The van der Waals surface area contributed by atoms with Crippen LogP contribution in [0.15, 0.2) is 24.3 Å². The number of hydrogen-bond acceptors (Lipinski definition) is 3. The Labute approximate surface area is 135 Å². The van der Waals surface area contributed by atoms with E-state index in [0.29, 0.717) is 37.2 Å². The van der Waals surface area contributed by atoms with E-state index in [4.69, 9.17) is 5.11 Å². The first-order chi connectivity index (χ1) is 10.9. The van der Waals surface area contributed by atoms with Gasteiger partial charge in [0.2, 0.25) is 5.91 Å². The van der Waals surface area contributed by atoms with Crippen molar-refractivity contribution in [2.45, 2.75) is 26.7 Å². The van der Waals surface area contributed by atoms with Gasteiger partial charge in [-0.15, -0.1) is 0 Å². The minimum atomic E-state index is -0.797. The van der Waals surface area contributed by atoms with Gasteiger partial charge in [-0.25, -0.2) is 0 Å². The summed E-state index contributed by atoms with van der Waals surface area (Å²) in [6.07, 6.45) is 0.840. The van der Waals surface area contributed by atoms with Crippen LogP contribution in [-0.4, -0.2) is 40.9 Å². The molecule has 2 unspecified atom stereocenters. The third kappa shape index (κ3) is 4.09. The fourth-order valence-electron chi connectivity index (χ4n) is 2.86. The maximum Gasteiger partial charge on any atom is 0.306 e. The Morgan fingerprint density at radius 1 is 1.35 bits per heavy atom. The minimum Gasteiger partial charge on any atom is -0.481 e. The van der Waals surface area contributed by atoms with E-state index in [1.807, 2.05) is 6.92 Å². The van der Waals surface area contributed by atoms with Gasteiger partial charge in [0.15, 0.2) is 0 Å². The highest BCUT2D eigenvalue weighted by atomic mass is 16.4. The molecule has 0 spiro atoms. The second-order valence-corrected chi connectivity index (χ2v) is 5.94. The lowest BCUT2D eigenvalue weighted by Crippen LogP contribution is -2.45. The van der Waals surface area contributed by atoms with Crippen molar-refractivity contribution in [2.75, 3.05) is 18.4 Å². The molecule has 1 aliphatic heterocycles. The number of carbonyl (C=O) groups is 3. The lowest BCUT2D eigenvalue weighted by molar-refractivity contribution is -0.145. The fraction of sp³-hybridized carbons (Fsp3) is 0.471. The number of likely N-dealkylation sites (tertiary alicyclic amines) is 1. The second kappa shape index (κ2) is 7.26. The number of anilines is 1. The molecule has 1 saturated heterocycles. The van der Waals surface area contributed by atoms with Gasteiger partial charge >= 0.3 is 5.97 Å². The van der Waals surface area contributed by atoms with Gasteiger partial charge in [-0.05, 0) is 30.5 Å². The number of aliphatic carboxylic acids is 1. The Morgan fingerprint density at radius 2 is 2.09 bits per heavy atom. The molecule has 1 aromatic carbocycles. The molecule has 2 N–H and O–H groups in total. The minimum absolute atomic E-state index is 0.0758. The number of piperidine rings is 1. The number of carboxylic acids is 1. The summed E-state index contributed by atoms with van der Waals surface area (Å²) in [4.78, 5) is 36.9. The van der Waals surface area contributed by atoms with Gasteiger partial charge < -0.3 is 15.3 Å². The Bertz CT molecular complexity index is 614. The maximum atomic E-state index is 12.6. The summed E-state index contributed by atoms with van der Waals surface area (Å²) >= 11 is 0. The molecule has 23 heavy (non-hydrogen) atoms. The van der Waals surface area contributed by atoms with E-state index in [-0.39, 0.29) is 17.7 Å². The van der Waals surface area contributed by atoms with Crippen LogP contribution in [0.4, 0.5) is 5.69 Å². The number of carbonyl (C=O) groups excluding carboxylic acids is 2.